The normalized spacial score (nSPS) is 18.5. The van der Waals surface area contributed by atoms with E-state index in [-0.39, 0.29) is 6.42 Å². The molecule has 1 aromatic heterocycles. The van der Waals surface area contributed by atoms with Crippen molar-refractivity contribution in [2.45, 2.75) is 25.5 Å². The predicted molar refractivity (Wildman–Crippen MR) is 126 cm³/mol. The highest BCUT2D eigenvalue weighted by atomic mass is 32.1. The summed E-state index contributed by atoms with van der Waals surface area (Å²) in [7, 11) is 1.78. The fraction of sp³-hybridized carbons (Fsp3) is 0.273. The molecule has 12 heteroatoms. The minimum absolute atomic E-state index is 0.260. The van der Waals surface area contributed by atoms with E-state index < -0.39 is 43.3 Å². The van der Waals surface area contributed by atoms with E-state index in [9.17, 15) is 30.3 Å². The lowest BCUT2D eigenvalue weighted by molar-refractivity contribution is -0.405. The second-order valence-corrected chi connectivity index (χ2v) is 9.04. The number of nitro benzene ring substituents is 3. The van der Waals surface area contributed by atoms with Gasteiger partial charge in [-0.15, -0.1) is 11.3 Å². The quantitative estimate of drug-likeness (QED) is 0.252. The number of benzene rings is 2. The van der Waals surface area contributed by atoms with Crippen molar-refractivity contribution in [3.05, 3.63) is 89.3 Å². The van der Waals surface area contributed by atoms with Crippen LogP contribution in [0.25, 0.3) is 10.1 Å². The molecule has 1 aliphatic heterocycles. The van der Waals surface area contributed by atoms with E-state index in [0.717, 1.165) is 27.6 Å². The first-order valence-electron chi connectivity index (χ1n) is 10.3. The van der Waals surface area contributed by atoms with Crippen molar-refractivity contribution in [3.63, 3.8) is 0 Å². The Morgan fingerprint density at radius 3 is 2.32 bits per heavy atom. The summed E-state index contributed by atoms with van der Waals surface area (Å²) in [5.41, 5.74) is -1.82. The van der Waals surface area contributed by atoms with Crippen molar-refractivity contribution in [3.8, 4) is 5.75 Å². The van der Waals surface area contributed by atoms with Gasteiger partial charge in [-0.3, -0.25) is 35.2 Å². The van der Waals surface area contributed by atoms with E-state index in [1.54, 1.807) is 18.4 Å². The summed E-state index contributed by atoms with van der Waals surface area (Å²) >= 11 is 1.54. The predicted octanol–water partition coefficient (Wildman–Crippen LogP) is 5.23. The number of thiophene rings is 1. The van der Waals surface area contributed by atoms with Gasteiger partial charge in [0.2, 0.25) is 0 Å². The fourth-order valence-corrected chi connectivity index (χ4v) is 5.08. The van der Waals surface area contributed by atoms with Crippen LogP contribution in [0.4, 0.5) is 17.1 Å². The molecule has 0 saturated heterocycles. The molecular formula is C22H20N4O7S. The van der Waals surface area contributed by atoms with Crippen molar-refractivity contribution >= 4 is 38.5 Å². The molecule has 0 aliphatic carbocycles. The summed E-state index contributed by atoms with van der Waals surface area (Å²) in [6.45, 7) is 2.45. The molecule has 0 N–H and O–H groups in total. The van der Waals surface area contributed by atoms with Crippen LogP contribution in [0.3, 0.4) is 0 Å². The molecule has 0 radical (unpaired) electrons. The standard InChI is InChI=1S/C22H20N4O7S/c1-14-7-8-23(2)22(11-14,12-15-13-34-20-6-4-3-5-17(15)20)33-21-18(25(29)30)9-16(24(27)28)10-19(21)26(31)32/h3-6,9-11,13H,7-8,12H2,1-2H3. The molecule has 3 aromatic rings. The number of rotatable bonds is 7. The van der Waals surface area contributed by atoms with Gasteiger partial charge in [-0.2, -0.15) is 0 Å². The lowest BCUT2D eigenvalue weighted by atomic mass is 9.93. The molecule has 0 amide bonds. The van der Waals surface area contributed by atoms with Crippen LogP contribution in [0.2, 0.25) is 0 Å². The van der Waals surface area contributed by atoms with Gasteiger partial charge in [-0.05, 0) is 48.9 Å². The van der Waals surface area contributed by atoms with Gasteiger partial charge in [0.1, 0.15) is 0 Å². The van der Waals surface area contributed by atoms with Crippen LogP contribution < -0.4 is 4.74 Å². The van der Waals surface area contributed by atoms with Gasteiger partial charge in [0.05, 0.1) is 26.9 Å². The number of hydrogen-bond acceptors (Lipinski definition) is 9. The van der Waals surface area contributed by atoms with E-state index in [0.29, 0.717) is 18.7 Å². The van der Waals surface area contributed by atoms with Gasteiger partial charge < -0.3 is 4.74 Å². The van der Waals surface area contributed by atoms with Gasteiger partial charge in [-0.25, -0.2) is 0 Å². The number of fused-ring (bicyclic) bond motifs is 1. The molecule has 0 fully saturated rings. The molecule has 1 atom stereocenters. The maximum absolute atomic E-state index is 11.8. The Morgan fingerprint density at radius 2 is 1.71 bits per heavy atom. The van der Waals surface area contributed by atoms with Gasteiger partial charge in [0, 0.05) is 17.7 Å². The van der Waals surface area contributed by atoms with E-state index in [4.69, 9.17) is 4.74 Å². The highest BCUT2D eigenvalue weighted by Gasteiger charge is 2.43. The van der Waals surface area contributed by atoms with E-state index in [1.807, 2.05) is 47.5 Å². The lowest BCUT2D eigenvalue weighted by Gasteiger charge is -2.42. The molecular weight excluding hydrogens is 464 g/mol. The van der Waals surface area contributed by atoms with Crippen molar-refractivity contribution < 1.29 is 19.5 Å². The maximum Gasteiger partial charge on any atom is 0.325 e. The first kappa shape index (κ1) is 23.3. The third-order valence-corrected chi connectivity index (χ3v) is 6.89. The summed E-state index contributed by atoms with van der Waals surface area (Å²) in [6, 6.07) is 9.16. The molecule has 1 aliphatic rings. The Kier molecular flexibility index (Phi) is 6.02. The second kappa shape index (κ2) is 8.80. The molecule has 11 nitrogen and oxygen atoms in total. The Morgan fingerprint density at radius 1 is 1.06 bits per heavy atom. The summed E-state index contributed by atoms with van der Waals surface area (Å²) < 4.78 is 7.27. The highest BCUT2D eigenvalue weighted by molar-refractivity contribution is 7.17. The minimum atomic E-state index is -1.28. The summed E-state index contributed by atoms with van der Waals surface area (Å²) in [6.07, 6.45) is 2.81. The lowest BCUT2D eigenvalue weighted by Crippen LogP contribution is -2.54. The molecule has 2 aromatic carbocycles. The second-order valence-electron chi connectivity index (χ2n) is 8.13. The number of likely N-dealkylation sites (N-methyl/N-ethyl adjacent to an activating group) is 1. The van der Waals surface area contributed by atoms with Gasteiger partial charge in [0.25, 0.3) is 11.4 Å². The Labute approximate surface area is 197 Å². The van der Waals surface area contributed by atoms with E-state index in [1.165, 1.54) is 0 Å². The van der Waals surface area contributed by atoms with Crippen LogP contribution in [0.15, 0.2) is 53.4 Å². The number of ether oxygens (including phenoxy) is 1. The van der Waals surface area contributed by atoms with Crippen molar-refractivity contribution in [1.29, 1.82) is 0 Å². The number of non-ortho nitro benzene ring substituents is 1. The van der Waals surface area contributed by atoms with Gasteiger partial charge in [0.15, 0.2) is 5.72 Å². The van der Waals surface area contributed by atoms with Crippen molar-refractivity contribution in [2.75, 3.05) is 13.6 Å². The molecule has 176 valence electrons. The Bertz CT molecular complexity index is 1320. The zero-order valence-electron chi connectivity index (χ0n) is 18.3. The first-order valence-corrected chi connectivity index (χ1v) is 11.1. The smallest absolute Gasteiger partial charge is 0.325 e. The van der Waals surface area contributed by atoms with E-state index in [2.05, 4.69) is 0 Å². The summed E-state index contributed by atoms with van der Waals surface area (Å²) in [5.74, 6) is -0.613. The van der Waals surface area contributed by atoms with Crippen LogP contribution in [0.5, 0.6) is 5.75 Å². The molecule has 1 unspecified atom stereocenters. The number of nitro groups is 3. The summed E-state index contributed by atoms with van der Waals surface area (Å²) in [4.78, 5) is 34.0. The first-order chi connectivity index (χ1) is 16.1. The topological polar surface area (TPSA) is 142 Å². The molecule has 34 heavy (non-hydrogen) atoms. The fourth-order valence-electron chi connectivity index (χ4n) is 4.11. The largest absolute Gasteiger partial charge is 0.456 e. The molecule has 0 saturated carbocycles. The third kappa shape index (κ3) is 4.20. The number of nitrogens with zero attached hydrogens (tertiary/aromatic N) is 4. The molecule has 2 heterocycles. The monoisotopic (exact) mass is 484 g/mol. The van der Waals surface area contributed by atoms with Crippen molar-refractivity contribution in [2.24, 2.45) is 0 Å². The molecule has 0 bridgehead atoms. The van der Waals surface area contributed by atoms with Gasteiger partial charge in [-0.1, -0.05) is 23.8 Å². The zero-order chi connectivity index (χ0) is 24.6. The average molecular weight is 484 g/mol. The van der Waals surface area contributed by atoms with Crippen LogP contribution >= 0.6 is 11.3 Å². The van der Waals surface area contributed by atoms with Crippen molar-refractivity contribution in [1.82, 2.24) is 4.90 Å². The SMILES string of the molecule is CC1=CC(Cc2csc3ccccc23)(Oc2c([N+](=O)[O-])cc([N+](=O)[O-])cc2[N+](=O)[O-])N(C)CC1. The third-order valence-electron chi connectivity index (χ3n) is 5.88. The van der Waals surface area contributed by atoms with E-state index >= 15 is 0 Å². The Hall–Kier alpha value is -3.90. The average Bonchev–Trinajstić information content (AvgIpc) is 3.18. The minimum Gasteiger partial charge on any atom is -0.456 e. The number of hydrogen-bond donors (Lipinski definition) is 0. The van der Waals surface area contributed by atoms with Crippen LogP contribution in [-0.2, 0) is 6.42 Å². The molecule has 0 spiro atoms. The summed E-state index contributed by atoms with van der Waals surface area (Å²) in [5, 5.41) is 37.8. The zero-order valence-corrected chi connectivity index (χ0v) is 19.1. The Balaban J connectivity index is 1.91. The van der Waals surface area contributed by atoms with Crippen LogP contribution in [0.1, 0.15) is 18.9 Å². The van der Waals surface area contributed by atoms with Crippen LogP contribution in [-0.4, -0.2) is 39.0 Å². The van der Waals surface area contributed by atoms with Gasteiger partial charge >= 0.3 is 11.4 Å². The molecule has 4 rings (SSSR count). The highest BCUT2D eigenvalue weighted by Crippen LogP contribution is 2.45. The van der Waals surface area contributed by atoms with Crippen LogP contribution in [0, 0.1) is 30.3 Å². The maximum atomic E-state index is 11.8.